The molecule has 2 rings (SSSR count). The maximum Gasteiger partial charge on any atom is 0.244 e. The molecule has 134 valence electrons. The van der Waals surface area contributed by atoms with Gasteiger partial charge in [0.15, 0.2) is 0 Å². The number of halogens is 3. The van der Waals surface area contributed by atoms with Gasteiger partial charge in [-0.15, -0.1) is 0 Å². The molecule has 0 radical (unpaired) electrons. The second-order valence-electron chi connectivity index (χ2n) is 6.07. The Balaban J connectivity index is 2.33. The first kappa shape index (κ1) is 19.8. The average Bonchev–Trinajstić information content (AvgIpc) is 2.96. The average molecular weight is 414 g/mol. The molecule has 1 heterocycles. The van der Waals surface area contributed by atoms with Crippen molar-refractivity contribution in [1.29, 1.82) is 0 Å². The van der Waals surface area contributed by atoms with Gasteiger partial charge in [-0.05, 0) is 30.9 Å². The lowest BCUT2D eigenvalue weighted by atomic mass is 10.0. The molecule has 24 heavy (non-hydrogen) atoms. The number of rotatable bonds is 5. The minimum Gasteiger partial charge on any atom is -0.341 e. The highest BCUT2D eigenvalue weighted by molar-refractivity contribution is 7.89. The maximum absolute atomic E-state index is 12.7. The quantitative estimate of drug-likeness (QED) is 0.802. The van der Waals surface area contributed by atoms with Gasteiger partial charge in [-0.1, -0.05) is 48.7 Å². The van der Waals surface area contributed by atoms with Crippen molar-refractivity contribution in [2.75, 3.05) is 13.1 Å². The Kier molecular flexibility index (Phi) is 6.42. The Morgan fingerprint density at radius 3 is 2.08 bits per heavy atom. The number of sulfonamides is 1. The van der Waals surface area contributed by atoms with Gasteiger partial charge in [0.25, 0.3) is 0 Å². The Morgan fingerprint density at radius 2 is 1.62 bits per heavy atom. The summed E-state index contributed by atoms with van der Waals surface area (Å²) in [4.78, 5) is 14.0. The van der Waals surface area contributed by atoms with Crippen molar-refractivity contribution >= 4 is 50.7 Å². The Labute approximate surface area is 157 Å². The summed E-state index contributed by atoms with van der Waals surface area (Å²) in [6.07, 6.45) is 1.86. The number of amides is 1. The van der Waals surface area contributed by atoms with E-state index in [0.717, 1.165) is 12.8 Å². The van der Waals surface area contributed by atoms with Crippen molar-refractivity contribution in [3.63, 3.8) is 0 Å². The molecule has 1 atom stereocenters. The topological polar surface area (TPSA) is 66.5 Å². The number of benzene rings is 1. The number of carbonyl (C=O) groups excluding carboxylic acids is 1. The second kappa shape index (κ2) is 7.79. The minimum atomic E-state index is -4.08. The maximum atomic E-state index is 12.7. The molecule has 1 N–H and O–H groups in total. The van der Waals surface area contributed by atoms with Crippen LogP contribution >= 0.6 is 34.8 Å². The summed E-state index contributed by atoms with van der Waals surface area (Å²) in [6.45, 7) is 4.86. The van der Waals surface area contributed by atoms with E-state index in [0.29, 0.717) is 13.1 Å². The number of carbonyl (C=O) groups is 1. The van der Waals surface area contributed by atoms with Crippen LogP contribution in [0.1, 0.15) is 26.7 Å². The molecule has 0 spiro atoms. The monoisotopic (exact) mass is 412 g/mol. The van der Waals surface area contributed by atoms with Gasteiger partial charge in [0, 0.05) is 18.1 Å². The number of likely N-dealkylation sites (tertiary alicyclic amines) is 1. The number of nitrogens with one attached hydrogen (secondary N) is 1. The van der Waals surface area contributed by atoms with E-state index in [2.05, 4.69) is 4.72 Å². The molecule has 1 aliphatic heterocycles. The molecule has 0 aromatic heterocycles. The first-order chi connectivity index (χ1) is 11.1. The van der Waals surface area contributed by atoms with Gasteiger partial charge in [0.1, 0.15) is 10.9 Å². The van der Waals surface area contributed by atoms with Crippen molar-refractivity contribution in [2.24, 2.45) is 5.92 Å². The largest absolute Gasteiger partial charge is 0.341 e. The van der Waals surface area contributed by atoms with Crippen LogP contribution in [0.3, 0.4) is 0 Å². The zero-order valence-electron chi connectivity index (χ0n) is 13.4. The summed E-state index contributed by atoms with van der Waals surface area (Å²) in [5.74, 6) is -0.454. The van der Waals surface area contributed by atoms with Crippen molar-refractivity contribution in [1.82, 2.24) is 9.62 Å². The lowest BCUT2D eigenvalue weighted by Crippen LogP contribution is -2.50. The molecule has 5 nitrogen and oxygen atoms in total. The second-order valence-corrected chi connectivity index (χ2v) is 8.98. The summed E-state index contributed by atoms with van der Waals surface area (Å²) in [6, 6.07) is 1.72. The van der Waals surface area contributed by atoms with Crippen LogP contribution in [0.2, 0.25) is 15.1 Å². The zero-order valence-corrected chi connectivity index (χ0v) is 16.4. The van der Waals surface area contributed by atoms with Crippen LogP contribution in [0.15, 0.2) is 17.0 Å². The predicted molar refractivity (Wildman–Crippen MR) is 96.2 cm³/mol. The van der Waals surface area contributed by atoms with Crippen LogP contribution in [0.25, 0.3) is 0 Å². The first-order valence-electron chi connectivity index (χ1n) is 7.59. The van der Waals surface area contributed by atoms with Gasteiger partial charge in [-0.25, -0.2) is 8.42 Å². The van der Waals surface area contributed by atoms with E-state index in [9.17, 15) is 13.2 Å². The number of hydrogen-bond acceptors (Lipinski definition) is 3. The van der Waals surface area contributed by atoms with Crippen LogP contribution < -0.4 is 4.72 Å². The van der Waals surface area contributed by atoms with Crippen LogP contribution in [0, 0.1) is 5.92 Å². The standard InChI is InChI=1S/C15H19Cl3N2O3S/c1-9(2)13(15(21)20-5-3-4-6-20)19-24(22,23)14-11(17)7-10(16)8-12(14)18/h7-9,13,19H,3-6H2,1-2H3/t13-/m0/s1. The molecule has 1 fully saturated rings. The molecule has 0 unspecified atom stereocenters. The molecule has 1 aromatic rings. The fourth-order valence-corrected chi connectivity index (χ4v) is 5.50. The molecule has 0 saturated carbocycles. The van der Waals surface area contributed by atoms with Gasteiger partial charge in [0.05, 0.1) is 10.0 Å². The molecule has 1 saturated heterocycles. The molecular formula is C15H19Cl3N2O3S. The third-order valence-corrected chi connectivity index (χ3v) is 6.44. The minimum absolute atomic E-state index is 0.0869. The van der Waals surface area contributed by atoms with Crippen LogP contribution in [-0.4, -0.2) is 38.4 Å². The van der Waals surface area contributed by atoms with Crippen molar-refractivity contribution in [3.05, 3.63) is 27.2 Å². The summed E-state index contributed by atoms with van der Waals surface area (Å²) in [5, 5.41) is 0.0600. The molecule has 1 aliphatic rings. The first-order valence-corrected chi connectivity index (χ1v) is 10.2. The van der Waals surface area contributed by atoms with Crippen molar-refractivity contribution in [2.45, 2.75) is 37.6 Å². The highest BCUT2D eigenvalue weighted by atomic mass is 35.5. The van der Waals surface area contributed by atoms with Crippen LogP contribution in [0.4, 0.5) is 0 Å². The molecule has 1 aromatic carbocycles. The van der Waals surface area contributed by atoms with E-state index < -0.39 is 16.1 Å². The third-order valence-electron chi connectivity index (χ3n) is 3.86. The summed E-state index contributed by atoms with van der Waals surface area (Å²) >= 11 is 17.8. The highest BCUT2D eigenvalue weighted by Gasteiger charge is 2.34. The molecule has 1 amide bonds. The van der Waals surface area contributed by atoms with Crippen molar-refractivity contribution in [3.8, 4) is 0 Å². The van der Waals surface area contributed by atoms with E-state index >= 15 is 0 Å². The van der Waals surface area contributed by atoms with E-state index in [4.69, 9.17) is 34.8 Å². The summed E-state index contributed by atoms with van der Waals surface area (Å²) < 4.78 is 27.9. The fourth-order valence-electron chi connectivity index (χ4n) is 2.62. The van der Waals surface area contributed by atoms with Gasteiger partial charge in [-0.2, -0.15) is 4.72 Å². The smallest absolute Gasteiger partial charge is 0.244 e. The van der Waals surface area contributed by atoms with Gasteiger partial charge in [-0.3, -0.25) is 4.79 Å². The fraction of sp³-hybridized carbons (Fsp3) is 0.533. The molecule has 0 bridgehead atoms. The zero-order chi connectivity index (χ0) is 18.1. The Morgan fingerprint density at radius 1 is 1.12 bits per heavy atom. The number of hydrogen-bond donors (Lipinski definition) is 1. The Hall–Kier alpha value is -0.530. The molecular weight excluding hydrogens is 395 g/mol. The van der Waals surface area contributed by atoms with Crippen molar-refractivity contribution < 1.29 is 13.2 Å². The van der Waals surface area contributed by atoms with E-state index in [1.54, 1.807) is 18.7 Å². The van der Waals surface area contributed by atoms with E-state index in [-0.39, 0.29) is 31.8 Å². The third kappa shape index (κ3) is 4.35. The normalized spacial score (nSPS) is 16.7. The predicted octanol–water partition coefficient (Wildman–Crippen LogP) is 3.57. The van der Waals surface area contributed by atoms with E-state index in [1.807, 2.05) is 0 Å². The number of nitrogens with zero attached hydrogens (tertiary/aromatic N) is 1. The molecule has 9 heteroatoms. The summed E-state index contributed by atoms with van der Waals surface area (Å²) in [5.41, 5.74) is 0. The van der Waals surface area contributed by atoms with E-state index in [1.165, 1.54) is 12.1 Å². The van der Waals surface area contributed by atoms with Crippen LogP contribution in [0.5, 0.6) is 0 Å². The SMILES string of the molecule is CC(C)[C@H](NS(=O)(=O)c1c(Cl)cc(Cl)cc1Cl)C(=O)N1CCCC1. The van der Waals surface area contributed by atoms with Gasteiger partial charge < -0.3 is 4.90 Å². The van der Waals surface area contributed by atoms with Crippen LogP contribution in [-0.2, 0) is 14.8 Å². The lowest BCUT2D eigenvalue weighted by molar-refractivity contribution is -0.132. The highest BCUT2D eigenvalue weighted by Crippen LogP contribution is 2.33. The lowest BCUT2D eigenvalue weighted by Gasteiger charge is -2.26. The molecule has 0 aliphatic carbocycles. The van der Waals surface area contributed by atoms with Gasteiger partial charge in [0.2, 0.25) is 15.9 Å². The summed E-state index contributed by atoms with van der Waals surface area (Å²) in [7, 11) is -4.08. The Bertz CT molecular complexity index is 708. The van der Waals surface area contributed by atoms with Gasteiger partial charge >= 0.3 is 0 Å².